The maximum Gasteiger partial charge on any atom is 1.00 e. The summed E-state index contributed by atoms with van der Waals surface area (Å²) < 4.78 is 0. The van der Waals surface area contributed by atoms with Crippen molar-refractivity contribution in [3.8, 4) is 0 Å². The number of allylic oxidation sites excluding steroid dienone is 2. The molecule has 2 N–H and O–H groups in total. The van der Waals surface area contributed by atoms with Crippen LogP contribution >= 0.6 is 0 Å². The van der Waals surface area contributed by atoms with Gasteiger partial charge in [0, 0.05) is 31.9 Å². The van der Waals surface area contributed by atoms with E-state index in [1.54, 1.807) is 0 Å². The van der Waals surface area contributed by atoms with Crippen LogP contribution in [0, 0.1) is 0 Å². The maximum absolute atomic E-state index is 11.9. The molecule has 170 valence electrons. The summed E-state index contributed by atoms with van der Waals surface area (Å²) in [5, 5.41) is 20.9. The summed E-state index contributed by atoms with van der Waals surface area (Å²) >= 11 is 0. The van der Waals surface area contributed by atoms with Crippen LogP contribution in [0.1, 0.15) is 103 Å². The number of unbranched alkanes of at least 4 members (excludes halogenated alkanes) is 11. The second kappa shape index (κ2) is 24.9. The van der Waals surface area contributed by atoms with Crippen LogP contribution in [0.3, 0.4) is 0 Å². The number of carboxylic acids is 1. The fourth-order valence-corrected chi connectivity index (χ4v) is 3.16. The quantitative estimate of drug-likeness (QED) is 0.119. The minimum atomic E-state index is -1.17. The Morgan fingerprint density at radius 1 is 0.833 bits per heavy atom. The molecule has 0 aromatic rings. The molecule has 6 nitrogen and oxygen atoms in total. The molecule has 0 heterocycles. The van der Waals surface area contributed by atoms with E-state index in [0.717, 1.165) is 25.7 Å². The average Bonchev–Trinajstić information content (AvgIpc) is 2.69. The van der Waals surface area contributed by atoms with Crippen molar-refractivity contribution in [3.05, 3.63) is 12.2 Å². The monoisotopic (exact) mass is 434 g/mol. The third-order valence-corrected chi connectivity index (χ3v) is 4.90. The van der Waals surface area contributed by atoms with Gasteiger partial charge in [0.05, 0.1) is 6.61 Å². The second-order valence-corrected chi connectivity index (χ2v) is 7.70. The number of nitrogens with one attached hydrogen (secondary N) is 1. The van der Waals surface area contributed by atoms with E-state index in [0.29, 0.717) is 6.42 Å². The number of aliphatic hydroxyl groups is 1. The summed E-state index contributed by atoms with van der Waals surface area (Å²) in [4.78, 5) is 22.4. The van der Waals surface area contributed by atoms with Crippen molar-refractivity contribution in [2.45, 2.75) is 103 Å². The first-order valence-corrected chi connectivity index (χ1v) is 11.6. The van der Waals surface area contributed by atoms with Crippen LogP contribution in [-0.4, -0.2) is 41.7 Å². The number of aliphatic carboxylic acids is 1. The predicted molar refractivity (Wildman–Crippen MR) is 116 cm³/mol. The summed E-state index contributed by atoms with van der Waals surface area (Å²) in [5.41, 5.74) is 2.66. The molecule has 7 heteroatoms. The third kappa shape index (κ3) is 23.9. The van der Waals surface area contributed by atoms with Gasteiger partial charge in [0.15, 0.2) is 0 Å². The van der Waals surface area contributed by atoms with Gasteiger partial charge in [-0.25, -0.2) is 5.01 Å². The van der Waals surface area contributed by atoms with Crippen molar-refractivity contribution >= 4 is 11.9 Å². The maximum atomic E-state index is 11.9. The second-order valence-electron chi connectivity index (χ2n) is 7.70. The summed E-state index contributed by atoms with van der Waals surface area (Å²) in [6, 6.07) is 0. The van der Waals surface area contributed by atoms with Gasteiger partial charge in [0.25, 0.3) is 0 Å². The van der Waals surface area contributed by atoms with Gasteiger partial charge in [-0.15, -0.1) is 0 Å². The Kier molecular flexibility index (Phi) is 26.3. The van der Waals surface area contributed by atoms with E-state index < -0.39 is 5.97 Å². The van der Waals surface area contributed by atoms with E-state index in [4.69, 9.17) is 5.11 Å². The van der Waals surface area contributed by atoms with Crippen molar-refractivity contribution in [2.24, 2.45) is 0 Å². The Morgan fingerprint density at radius 3 is 1.90 bits per heavy atom. The van der Waals surface area contributed by atoms with Crippen molar-refractivity contribution in [2.75, 3.05) is 19.7 Å². The number of hydrogen-bond donors (Lipinski definition) is 2. The van der Waals surface area contributed by atoms with Crippen molar-refractivity contribution < 1.29 is 49.4 Å². The normalized spacial score (nSPS) is 11.0. The number of nitrogens with zero attached hydrogens (tertiary/aromatic N) is 1. The van der Waals surface area contributed by atoms with E-state index >= 15 is 0 Å². The molecule has 0 rings (SSSR count). The summed E-state index contributed by atoms with van der Waals surface area (Å²) in [6.07, 6.45) is 20.7. The molecular formula is C23H43N2NaO4. The zero-order chi connectivity index (χ0) is 21.6. The van der Waals surface area contributed by atoms with Gasteiger partial charge >= 0.3 is 29.6 Å². The minimum Gasteiger partial charge on any atom is -0.550 e. The standard InChI is InChI=1S/C23H44N2O4.Na/c1-2-3-4-5-6-7-8-9-10-11-12-13-14-15-16-17-22(27)24-25(20-21-26)19-18-23(28)29;/h9-10,26H,2-8,11-21H2,1H3,(H,24,27)(H,28,29);/q;+1/p-1/b10-9-;. The Bertz CT molecular complexity index is 433. The van der Waals surface area contributed by atoms with E-state index in [9.17, 15) is 14.7 Å². The third-order valence-electron chi connectivity index (χ3n) is 4.90. The van der Waals surface area contributed by atoms with Crippen LogP contribution in [-0.2, 0) is 9.59 Å². The fourth-order valence-electron chi connectivity index (χ4n) is 3.16. The van der Waals surface area contributed by atoms with E-state index in [1.807, 2.05) is 0 Å². The molecule has 30 heavy (non-hydrogen) atoms. The fraction of sp³-hybridized carbons (Fsp3) is 0.826. The predicted octanol–water partition coefficient (Wildman–Crippen LogP) is 0.493. The van der Waals surface area contributed by atoms with Gasteiger partial charge in [-0.05, 0) is 32.1 Å². The Morgan fingerprint density at radius 2 is 1.37 bits per heavy atom. The molecule has 1 amide bonds. The summed E-state index contributed by atoms with van der Waals surface area (Å²) in [7, 11) is 0. The first-order chi connectivity index (χ1) is 14.1. The van der Waals surface area contributed by atoms with Gasteiger partial charge in [0.2, 0.25) is 5.91 Å². The van der Waals surface area contributed by atoms with E-state index in [2.05, 4.69) is 24.5 Å². The summed E-state index contributed by atoms with van der Waals surface area (Å²) in [6.45, 7) is 2.46. The van der Waals surface area contributed by atoms with Crippen LogP contribution in [0.5, 0.6) is 0 Å². The number of hydrazine groups is 1. The Balaban J connectivity index is 0. The number of aliphatic hydroxyl groups excluding tert-OH is 1. The van der Waals surface area contributed by atoms with Crippen LogP contribution < -0.4 is 40.1 Å². The van der Waals surface area contributed by atoms with Gasteiger partial charge in [0.1, 0.15) is 0 Å². The first-order valence-electron chi connectivity index (χ1n) is 11.6. The Labute approximate surface area is 206 Å². The Hall–Kier alpha value is -0.400. The van der Waals surface area contributed by atoms with Crippen LogP contribution in [0.25, 0.3) is 0 Å². The van der Waals surface area contributed by atoms with Gasteiger partial charge in [-0.1, -0.05) is 70.4 Å². The molecule has 0 aromatic carbocycles. The summed E-state index contributed by atoms with van der Waals surface area (Å²) in [5.74, 6) is -1.30. The number of rotatable bonds is 21. The van der Waals surface area contributed by atoms with Crippen molar-refractivity contribution in [1.29, 1.82) is 0 Å². The molecule has 0 bridgehead atoms. The average molecular weight is 435 g/mol. The zero-order valence-corrected chi connectivity index (χ0v) is 21.5. The molecule has 0 unspecified atom stereocenters. The minimum absolute atomic E-state index is 0. The molecule has 0 saturated heterocycles. The van der Waals surface area contributed by atoms with Gasteiger partial charge in [-0.2, -0.15) is 0 Å². The van der Waals surface area contributed by atoms with Gasteiger partial charge < -0.3 is 15.0 Å². The van der Waals surface area contributed by atoms with E-state index in [-0.39, 0.29) is 61.6 Å². The van der Waals surface area contributed by atoms with Crippen LogP contribution in [0.4, 0.5) is 0 Å². The number of carbonyl (C=O) groups excluding carboxylic acids is 2. The molecule has 0 saturated carbocycles. The van der Waals surface area contributed by atoms with Crippen molar-refractivity contribution in [1.82, 2.24) is 10.4 Å². The molecule has 0 fully saturated rings. The van der Waals surface area contributed by atoms with Gasteiger partial charge in [-0.3, -0.25) is 10.2 Å². The smallest absolute Gasteiger partial charge is 0.550 e. The number of carbonyl (C=O) groups is 2. The molecule has 0 aliphatic carbocycles. The number of carboxylic acid groups (broad SMARTS) is 1. The van der Waals surface area contributed by atoms with Crippen LogP contribution in [0.2, 0.25) is 0 Å². The molecule has 0 spiro atoms. The number of amides is 1. The molecular weight excluding hydrogens is 391 g/mol. The van der Waals surface area contributed by atoms with Crippen molar-refractivity contribution in [3.63, 3.8) is 0 Å². The largest absolute Gasteiger partial charge is 1.00 e. The van der Waals surface area contributed by atoms with E-state index in [1.165, 1.54) is 62.8 Å². The number of hydrogen-bond acceptors (Lipinski definition) is 5. The molecule has 0 aliphatic heterocycles. The zero-order valence-electron chi connectivity index (χ0n) is 19.5. The van der Waals surface area contributed by atoms with Crippen LogP contribution in [0.15, 0.2) is 12.2 Å². The topological polar surface area (TPSA) is 92.7 Å². The first kappa shape index (κ1) is 31.8. The molecule has 0 atom stereocenters. The molecule has 0 aromatic heterocycles. The molecule has 0 aliphatic rings. The molecule has 0 radical (unpaired) electrons. The SMILES string of the molecule is CCCCCCCC/C=C\CCCCCCCC(=O)NN(CCO)CCC(=O)[O-].[Na+].